The molecule has 0 radical (unpaired) electrons. The van der Waals surface area contributed by atoms with Gasteiger partial charge in [-0.15, -0.1) is 0 Å². The minimum atomic E-state index is -3.78. The summed E-state index contributed by atoms with van der Waals surface area (Å²) in [6, 6.07) is 17.0. The first kappa shape index (κ1) is 21.9. The van der Waals surface area contributed by atoms with Crippen LogP contribution in [0.2, 0.25) is 5.02 Å². The Labute approximate surface area is 191 Å². The summed E-state index contributed by atoms with van der Waals surface area (Å²) in [5.74, 6) is 0.548. The van der Waals surface area contributed by atoms with Crippen molar-refractivity contribution in [3.63, 3.8) is 0 Å². The van der Waals surface area contributed by atoms with Gasteiger partial charge in [0.2, 0.25) is 0 Å². The van der Waals surface area contributed by atoms with Crippen LogP contribution in [0, 0.1) is 6.92 Å². The van der Waals surface area contributed by atoms with Crippen LogP contribution in [0.15, 0.2) is 65.6 Å². The van der Waals surface area contributed by atoms with Crippen molar-refractivity contribution in [2.75, 3.05) is 11.8 Å². The molecule has 0 fully saturated rings. The maximum absolute atomic E-state index is 12.9. The molecular formula is C23H21ClN4O3S. The zero-order valence-electron chi connectivity index (χ0n) is 17.7. The van der Waals surface area contributed by atoms with Gasteiger partial charge in [-0.3, -0.25) is 9.52 Å². The van der Waals surface area contributed by atoms with E-state index in [9.17, 15) is 13.2 Å². The van der Waals surface area contributed by atoms with Crippen LogP contribution >= 0.6 is 11.6 Å². The molecule has 9 heteroatoms. The number of carbonyl (C=O) groups excluding carboxylic acids is 1. The van der Waals surface area contributed by atoms with Gasteiger partial charge >= 0.3 is 0 Å². The van der Waals surface area contributed by atoms with Crippen molar-refractivity contribution >= 4 is 44.3 Å². The van der Waals surface area contributed by atoms with Crippen molar-refractivity contribution in [3.05, 3.63) is 76.8 Å². The molecule has 2 N–H and O–H groups in total. The summed E-state index contributed by atoms with van der Waals surface area (Å²) in [7, 11) is -0.309. The van der Waals surface area contributed by atoms with Gasteiger partial charge in [-0.05, 0) is 61.0 Å². The molecule has 0 atom stereocenters. The standard InChI is InChI=1S/C23H21ClN4O3S/c1-14-12-17(24)8-11-21(14)32(30,31)27-18-9-10-20-19(13-18)26-22(28(20)3)15-4-6-16(7-5-15)23(29)25-2/h4-13,27H,1-3H3,(H,25,29). The Kier molecular flexibility index (Phi) is 5.66. The molecule has 0 unspecified atom stereocenters. The molecule has 7 nitrogen and oxygen atoms in total. The van der Waals surface area contributed by atoms with Gasteiger partial charge in [0.25, 0.3) is 15.9 Å². The van der Waals surface area contributed by atoms with E-state index in [2.05, 4.69) is 15.0 Å². The van der Waals surface area contributed by atoms with Gasteiger partial charge in [0, 0.05) is 30.2 Å². The summed E-state index contributed by atoms with van der Waals surface area (Å²) in [5, 5.41) is 3.07. The third kappa shape index (κ3) is 4.06. The number of carbonyl (C=O) groups is 1. The van der Waals surface area contributed by atoms with Gasteiger partial charge in [-0.25, -0.2) is 13.4 Å². The number of sulfonamides is 1. The highest BCUT2D eigenvalue weighted by molar-refractivity contribution is 7.92. The van der Waals surface area contributed by atoms with Crippen molar-refractivity contribution in [1.82, 2.24) is 14.9 Å². The summed E-state index contributed by atoms with van der Waals surface area (Å²) >= 11 is 5.95. The van der Waals surface area contributed by atoms with E-state index in [4.69, 9.17) is 11.6 Å². The smallest absolute Gasteiger partial charge is 0.262 e. The van der Waals surface area contributed by atoms with Crippen LogP contribution in [-0.4, -0.2) is 30.9 Å². The van der Waals surface area contributed by atoms with Crippen molar-refractivity contribution in [2.45, 2.75) is 11.8 Å². The normalized spacial score (nSPS) is 11.5. The molecule has 0 aliphatic heterocycles. The lowest BCUT2D eigenvalue weighted by atomic mass is 10.1. The van der Waals surface area contributed by atoms with Crippen LogP contribution in [0.5, 0.6) is 0 Å². The third-order valence-corrected chi connectivity index (χ3v) is 6.97. The monoisotopic (exact) mass is 468 g/mol. The largest absolute Gasteiger partial charge is 0.355 e. The van der Waals surface area contributed by atoms with E-state index in [0.717, 1.165) is 11.1 Å². The molecule has 4 aromatic rings. The number of nitrogens with one attached hydrogen (secondary N) is 2. The van der Waals surface area contributed by atoms with Crippen molar-refractivity contribution in [2.24, 2.45) is 7.05 Å². The molecule has 0 saturated carbocycles. The highest BCUT2D eigenvalue weighted by Crippen LogP contribution is 2.28. The van der Waals surface area contributed by atoms with Gasteiger partial charge in [0.1, 0.15) is 5.82 Å². The first-order valence-electron chi connectivity index (χ1n) is 9.77. The number of rotatable bonds is 5. The lowest BCUT2D eigenvalue weighted by Crippen LogP contribution is -2.17. The Morgan fingerprint density at radius 1 is 1.03 bits per heavy atom. The first-order valence-corrected chi connectivity index (χ1v) is 11.6. The van der Waals surface area contributed by atoms with Gasteiger partial charge in [-0.1, -0.05) is 23.7 Å². The average Bonchev–Trinajstić information content (AvgIpc) is 3.08. The molecule has 0 spiro atoms. The second kappa shape index (κ2) is 8.29. The third-order valence-electron chi connectivity index (χ3n) is 5.19. The average molecular weight is 469 g/mol. The predicted octanol–water partition coefficient (Wildman–Crippen LogP) is 4.36. The number of fused-ring (bicyclic) bond motifs is 1. The Morgan fingerprint density at radius 2 is 1.75 bits per heavy atom. The number of amides is 1. The van der Waals surface area contributed by atoms with Crippen LogP contribution in [0.25, 0.3) is 22.4 Å². The Balaban J connectivity index is 1.67. The highest BCUT2D eigenvalue weighted by atomic mass is 35.5. The summed E-state index contributed by atoms with van der Waals surface area (Å²) in [4.78, 5) is 16.6. The fourth-order valence-corrected chi connectivity index (χ4v) is 5.06. The molecule has 164 valence electrons. The van der Waals surface area contributed by atoms with E-state index in [1.165, 1.54) is 6.07 Å². The summed E-state index contributed by atoms with van der Waals surface area (Å²) < 4.78 is 30.3. The summed E-state index contributed by atoms with van der Waals surface area (Å²) in [6.07, 6.45) is 0. The first-order chi connectivity index (χ1) is 15.2. The Bertz CT molecular complexity index is 1440. The molecule has 4 rings (SSSR count). The molecule has 1 amide bonds. The number of hydrogen-bond acceptors (Lipinski definition) is 4. The second-order valence-corrected chi connectivity index (χ2v) is 9.46. The Hall–Kier alpha value is -3.36. The van der Waals surface area contributed by atoms with Gasteiger partial charge in [0.15, 0.2) is 0 Å². The number of benzene rings is 3. The zero-order valence-corrected chi connectivity index (χ0v) is 19.3. The van der Waals surface area contributed by atoms with Crippen molar-refractivity contribution in [1.29, 1.82) is 0 Å². The zero-order chi connectivity index (χ0) is 23.0. The molecule has 32 heavy (non-hydrogen) atoms. The molecule has 1 aromatic heterocycles. The quantitative estimate of drug-likeness (QED) is 0.455. The molecular weight excluding hydrogens is 448 g/mol. The molecule has 1 heterocycles. The number of nitrogens with zero attached hydrogens (tertiary/aromatic N) is 2. The van der Waals surface area contributed by atoms with E-state index in [-0.39, 0.29) is 10.8 Å². The minimum Gasteiger partial charge on any atom is -0.355 e. The molecule has 0 aliphatic carbocycles. The van der Waals surface area contributed by atoms with Crippen LogP contribution < -0.4 is 10.0 Å². The SMILES string of the molecule is CNC(=O)c1ccc(-c2nc3cc(NS(=O)(=O)c4ccc(Cl)cc4C)ccc3n2C)cc1. The van der Waals surface area contributed by atoms with Crippen LogP contribution in [0.1, 0.15) is 15.9 Å². The van der Waals surface area contributed by atoms with E-state index in [1.807, 2.05) is 29.8 Å². The molecule has 0 saturated heterocycles. The maximum atomic E-state index is 12.9. The van der Waals surface area contributed by atoms with Gasteiger partial charge < -0.3 is 9.88 Å². The van der Waals surface area contributed by atoms with Crippen molar-refractivity contribution in [3.8, 4) is 11.4 Å². The lowest BCUT2D eigenvalue weighted by molar-refractivity contribution is 0.0963. The number of aromatic nitrogens is 2. The van der Waals surface area contributed by atoms with Gasteiger partial charge in [0.05, 0.1) is 21.6 Å². The fraction of sp³-hybridized carbons (Fsp3) is 0.130. The number of anilines is 1. The number of imidazole rings is 1. The summed E-state index contributed by atoms with van der Waals surface area (Å²) in [6.45, 7) is 1.70. The molecule has 0 bridgehead atoms. The molecule has 3 aromatic carbocycles. The van der Waals surface area contributed by atoms with Crippen LogP contribution in [0.4, 0.5) is 5.69 Å². The topological polar surface area (TPSA) is 93.1 Å². The summed E-state index contributed by atoms with van der Waals surface area (Å²) in [5.41, 5.74) is 3.87. The maximum Gasteiger partial charge on any atom is 0.262 e. The van der Waals surface area contributed by atoms with E-state index in [0.29, 0.717) is 33.2 Å². The Morgan fingerprint density at radius 3 is 2.41 bits per heavy atom. The van der Waals surface area contributed by atoms with Crippen molar-refractivity contribution < 1.29 is 13.2 Å². The highest BCUT2D eigenvalue weighted by Gasteiger charge is 2.18. The van der Waals surface area contributed by atoms with E-state index < -0.39 is 10.0 Å². The van der Waals surface area contributed by atoms with E-state index >= 15 is 0 Å². The van der Waals surface area contributed by atoms with Crippen LogP contribution in [0.3, 0.4) is 0 Å². The van der Waals surface area contributed by atoms with E-state index in [1.54, 1.807) is 50.4 Å². The molecule has 0 aliphatic rings. The number of hydrogen-bond donors (Lipinski definition) is 2. The van der Waals surface area contributed by atoms with Crippen LogP contribution in [-0.2, 0) is 17.1 Å². The number of halogens is 1. The minimum absolute atomic E-state index is 0.158. The fourth-order valence-electron chi connectivity index (χ4n) is 3.56. The second-order valence-electron chi connectivity index (χ2n) is 7.37. The predicted molar refractivity (Wildman–Crippen MR) is 127 cm³/mol. The number of aryl methyl sites for hydroxylation is 2. The lowest BCUT2D eigenvalue weighted by Gasteiger charge is -2.10. The van der Waals surface area contributed by atoms with Gasteiger partial charge in [-0.2, -0.15) is 0 Å².